The molecule has 4 aromatic carbocycles. The van der Waals surface area contributed by atoms with E-state index in [1.807, 2.05) is 59.1 Å². The highest BCUT2D eigenvalue weighted by Crippen LogP contribution is 2.50. The van der Waals surface area contributed by atoms with E-state index in [9.17, 15) is 99.7 Å². The molecule has 8 aromatic rings. The predicted molar refractivity (Wildman–Crippen MR) is 454 cm³/mol. The third-order valence-electron chi connectivity index (χ3n) is 24.8. The maximum atomic E-state index is 14.1. The van der Waals surface area contributed by atoms with Crippen molar-refractivity contribution in [2.24, 2.45) is 4.99 Å². The van der Waals surface area contributed by atoms with E-state index >= 15 is 0 Å². The van der Waals surface area contributed by atoms with Crippen molar-refractivity contribution in [3.63, 3.8) is 0 Å². The van der Waals surface area contributed by atoms with Crippen LogP contribution in [0.1, 0.15) is 175 Å². The molecule has 40 heteroatoms. The molecular formula is C91H100B2F16N10O12. The number of carboxylic acids is 1. The van der Waals surface area contributed by atoms with Crippen LogP contribution in [0.3, 0.4) is 0 Å². The molecular weight excluding hydrogens is 1750 g/mol. The van der Waals surface area contributed by atoms with Crippen molar-refractivity contribution in [3.8, 4) is 0 Å². The molecule has 2 saturated heterocycles. The maximum absolute atomic E-state index is 14.1. The van der Waals surface area contributed by atoms with Gasteiger partial charge in [-0.2, -0.15) is 73.1 Å². The first kappa shape index (κ1) is 102. The Balaban J connectivity index is 0.000000165. The van der Waals surface area contributed by atoms with Crippen LogP contribution < -0.4 is 10.9 Å². The molecule has 22 nitrogen and oxygen atoms in total. The maximum Gasteiger partial charge on any atom is 0.498 e. The summed E-state index contributed by atoms with van der Waals surface area (Å²) in [6.45, 7) is 20.1. The summed E-state index contributed by atoms with van der Waals surface area (Å²) in [5.74, 6) is -4.40. The normalized spacial score (nSPS) is 21.5. The van der Waals surface area contributed by atoms with Crippen LogP contribution >= 0.6 is 0 Å². The second-order valence-electron chi connectivity index (χ2n) is 34.9. The summed E-state index contributed by atoms with van der Waals surface area (Å²) in [5, 5.41) is 33.8. The lowest BCUT2D eigenvalue weighted by molar-refractivity contribution is -0.146. The van der Waals surface area contributed by atoms with Crippen molar-refractivity contribution in [3.05, 3.63) is 248 Å². The molecule has 131 heavy (non-hydrogen) atoms. The zero-order valence-electron chi connectivity index (χ0n) is 74.4. The highest BCUT2D eigenvalue weighted by molar-refractivity contribution is 6.62. The fraction of sp³-hybridized carbons (Fsp3) is 0.440. The number of amides is 1. The van der Waals surface area contributed by atoms with Gasteiger partial charge in [0, 0.05) is 59.4 Å². The average Bonchev–Trinajstić information content (AvgIpc) is 1.63. The average molecular weight is 1850 g/mol. The Hall–Kier alpha value is -11.2. The molecule has 7 aliphatic rings. The summed E-state index contributed by atoms with van der Waals surface area (Å²) in [7, 11) is 1.70. The molecule has 0 bridgehead atoms. The number of aromatic nitrogens is 8. The van der Waals surface area contributed by atoms with Crippen molar-refractivity contribution < 1.29 is 128 Å². The Morgan fingerprint density at radius 1 is 0.435 bits per heavy atom. The van der Waals surface area contributed by atoms with Gasteiger partial charge < -0.3 is 33.2 Å². The number of hydrogen-bond acceptors (Lipinski definition) is 16. The number of alkyl halides is 12. The SMILES string of the molecule is CC1(C)OB(C2=CCN=C2)OC1(C)C.CC1(C)OB(c2cnn(CC(F)(F)F)c2)OC1(C)C.COC(=O)[C@]1(c2cccc(F)c2C)C=C(C)CC1.COC(=O)[C@]1(c2cccc(F)c2C)C=C(c2cnn(CC(F)(F)F)c2)CC1.Cc1c(F)cccc1[C@@]1(C(=O)NO)C=C(c2cnn(CC(F)(F)F)c2)CC1.Cc1c(F)cccc1[C@@]1(C(=O)O)C=C(c2cnn(CC(F)(F)F)c2)CC1. The quantitative estimate of drug-likeness (QED) is 0.0191. The lowest BCUT2D eigenvalue weighted by Gasteiger charge is -2.32. The van der Waals surface area contributed by atoms with E-state index in [4.69, 9.17) is 28.1 Å². The number of hydroxylamine groups is 1. The smallest absolute Gasteiger partial charge is 0.480 e. The van der Waals surface area contributed by atoms with E-state index in [0.717, 1.165) is 42.7 Å². The molecule has 0 saturated carbocycles. The van der Waals surface area contributed by atoms with E-state index in [2.05, 4.69) is 53.1 Å². The predicted octanol–water partition coefficient (Wildman–Crippen LogP) is 18.4. The van der Waals surface area contributed by atoms with E-state index in [1.54, 1.807) is 55.7 Å². The third-order valence-corrected chi connectivity index (χ3v) is 24.8. The Morgan fingerprint density at radius 3 is 1.07 bits per heavy atom. The number of carbonyl (C=O) groups excluding carboxylic acids is 3. The Bertz CT molecular complexity index is 5540. The zero-order valence-corrected chi connectivity index (χ0v) is 74.4. The van der Waals surface area contributed by atoms with Crippen LogP contribution in [-0.2, 0) is 95.1 Å². The summed E-state index contributed by atoms with van der Waals surface area (Å²) in [6.07, 6.45) is 6.84. The number of nitrogens with one attached hydrogen (secondary N) is 1. The van der Waals surface area contributed by atoms with Gasteiger partial charge in [0.1, 0.15) is 65.7 Å². The number of aliphatic carboxylic acids is 1. The topological polar surface area (TPSA) is 260 Å². The van der Waals surface area contributed by atoms with E-state index in [0.29, 0.717) is 104 Å². The minimum Gasteiger partial charge on any atom is -0.480 e. The fourth-order valence-corrected chi connectivity index (χ4v) is 16.4. The Kier molecular flexibility index (Phi) is 30.6. The van der Waals surface area contributed by atoms with Gasteiger partial charge in [-0.25, -0.2) is 23.0 Å². The summed E-state index contributed by atoms with van der Waals surface area (Å²) >= 11 is 0. The van der Waals surface area contributed by atoms with E-state index in [-0.39, 0.29) is 54.1 Å². The number of carbonyl (C=O) groups is 4. The van der Waals surface area contributed by atoms with Gasteiger partial charge in [-0.1, -0.05) is 84.5 Å². The number of esters is 2. The first-order valence-electron chi connectivity index (χ1n) is 41.4. The van der Waals surface area contributed by atoms with Crippen LogP contribution in [-0.4, -0.2) is 162 Å². The minimum absolute atomic E-state index is 0.201. The van der Waals surface area contributed by atoms with Gasteiger partial charge in [-0.3, -0.25) is 48.1 Å². The van der Waals surface area contributed by atoms with Gasteiger partial charge >= 0.3 is 56.8 Å². The van der Waals surface area contributed by atoms with Crippen molar-refractivity contribution in [1.29, 1.82) is 0 Å². The van der Waals surface area contributed by atoms with Crippen molar-refractivity contribution >= 4 is 66.4 Å². The molecule has 3 aliphatic heterocycles. The number of aliphatic imine (C=N–C) groups is 1. The number of rotatable bonds is 17. The first-order valence-corrected chi connectivity index (χ1v) is 41.4. The molecule has 1 amide bonds. The molecule has 4 atom stereocenters. The van der Waals surface area contributed by atoms with E-state index in [1.165, 1.54) is 126 Å². The highest BCUT2D eigenvalue weighted by atomic mass is 19.4. The summed E-state index contributed by atoms with van der Waals surface area (Å²) < 4.78 is 241. The fourth-order valence-electron chi connectivity index (χ4n) is 16.4. The van der Waals surface area contributed by atoms with Gasteiger partial charge in [0.15, 0.2) is 0 Å². The van der Waals surface area contributed by atoms with Crippen molar-refractivity contribution in [1.82, 2.24) is 44.6 Å². The number of carboxylic acid groups (broad SMARTS) is 1. The monoisotopic (exact) mass is 1850 g/mol. The molecule has 0 spiro atoms. The summed E-state index contributed by atoms with van der Waals surface area (Å²) in [4.78, 5) is 53.4. The van der Waals surface area contributed by atoms with Crippen LogP contribution in [0.5, 0.6) is 0 Å². The molecule has 704 valence electrons. The molecule has 0 unspecified atom stereocenters. The number of halogens is 16. The van der Waals surface area contributed by atoms with Crippen molar-refractivity contribution in [2.45, 2.75) is 236 Å². The Labute approximate surface area is 746 Å². The number of ether oxygens (including phenoxy) is 2. The molecule has 15 rings (SSSR count). The van der Waals surface area contributed by atoms with Gasteiger partial charge in [-0.05, 0) is 232 Å². The number of allylic oxidation sites excluding steroid dienone is 5. The lowest BCUT2D eigenvalue weighted by Crippen LogP contribution is -2.41. The first-order chi connectivity index (χ1) is 60.9. The number of methoxy groups -OCH3 is 2. The van der Waals surface area contributed by atoms with Gasteiger partial charge in [-0.15, -0.1) is 0 Å². The number of benzene rings is 4. The summed E-state index contributed by atoms with van der Waals surface area (Å²) in [5.41, 5.74) is 4.61. The van der Waals surface area contributed by atoms with E-state index < -0.39 is 126 Å². The van der Waals surface area contributed by atoms with Crippen LogP contribution in [0, 0.1) is 51.0 Å². The van der Waals surface area contributed by atoms with Gasteiger partial charge in [0.2, 0.25) is 0 Å². The number of hydrogen-bond donors (Lipinski definition) is 3. The zero-order chi connectivity index (χ0) is 97.0. The standard InChI is InChI=1S/C19H18F4N2O2.C18H17F4N3O2.C18H16F4N2O2.C15H17FO2.C11H16BF3N2O2.C10H16BNO2/c1-12-15(4-3-5-16(12)20)18(17(26)27-2)7-6-13(8-18)14-9-24-25(10-14)11-19(21,22)23;1-11-14(3-2-4-15(11)19)17(16(26)24-27)6-5-12(7-17)13-8-23-25(9-13)10-18(20,21)22;1-11-14(3-2-4-15(11)19)17(16(25)26)6-5-12(7-17)13-8-23-24(9-13)10-18(20,21)22;1-10-7-8-15(9-10,14(17)18-3)12-5-4-6-13(16)11(12)2;1-9(2)10(3,4)19-12(18-9)8-5-16-17(6-8)7-11(13,14)15;1-9(2)10(3,4)14-11(13-9)8-5-6-12-7-8/h3-5,8-10H,6-7,11H2,1-2H3;2-4,7-9,27H,5-6,10H2,1H3,(H,24,26);2-4,7-9H,5-6,10H2,1H3,(H,25,26);4-6,9H,7-8H2,1-3H3;5-6H,7H2,1-4H3;5,7H,6H2,1-4H3/t18-;2*17-;15-;;/m0000../s1. The summed E-state index contributed by atoms with van der Waals surface area (Å²) in [6, 6.07) is 18.0. The molecule has 3 N–H and O–H groups in total. The van der Waals surface area contributed by atoms with Crippen LogP contribution in [0.15, 0.2) is 169 Å². The number of nitrogens with zero attached hydrogens (tertiary/aromatic N) is 9. The van der Waals surface area contributed by atoms with Crippen molar-refractivity contribution in [2.75, 3.05) is 20.8 Å². The van der Waals surface area contributed by atoms with Crippen LogP contribution in [0.2, 0.25) is 0 Å². The molecule has 2 fully saturated rings. The molecule has 4 aromatic heterocycles. The third kappa shape index (κ3) is 23.3. The van der Waals surface area contributed by atoms with Crippen LogP contribution in [0.25, 0.3) is 16.7 Å². The molecule has 7 heterocycles. The largest absolute Gasteiger partial charge is 0.498 e. The Morgan fingerprint density at radius 2 is 0.740 bits per heavy atom. The highest BCUT2D eigenvalue weighted by Gasteiger charge is 2.55. The second kappa shape index (κ2) is 39.3. The van der Waals surface area contributed by atoms with Gasteiger partial charge in [0.25, 0.3) is 5.91 Å². The molecule has 4 aliphatic carbocycles. The minimum atomic E-state index is -4.40. The lowest BCUT2D eigenvalue weighted by atomic mass is 9.77. The van der Waals surface area contributed by atoms with Crippen LogP contribution in [0.4, 0.5) is 70.2 Å². The van der Waals surface area contributed by atoms with Gasteiger partial charge in [0.05, 0.1) is 67.2 Å². The second-order valence-corrected chi connectivity index (χ2v) is 34.9. The molecule has 0 radical (unpaired) electrons.